The molecule has 2 amide bonds. The van der Waals surface area contributed by atoms with Crippen LogP contribution in [0.2, 0.25) is 10.0 Å². The van der Waals surface area contributed by atoms with Crippen molar-refractivity contribution in [3.8, 4) is 6.07 Å². The van der Waals surface area contributed by atoms with Gasteiger partial charge in [0.1, 0.15) is 5.41 Å². The molecule has 2 saturated carbocycles. The van der Waals surface area contributed by atoms with Crippen molar-refractivity contribution in [3.63, 3.8) is 0 Å². The number of nitrogens with one attached hydrogen (secondary N) is 1. The highest BCUT2D eigenvalue weighted by molar-refractivity contribution is 6.39. The molecule has 3 aliphatic rings. The Morgan fingerprint density at radius 3 is 2.55 bits per heavy atom. The molecule has 7 heteroatoms. The number of piperidine rings is 1. The van der Waals surface area contributed by atoms with Gasteiger partial charge >= 0.3 is 0 Å². The Morgan fingerprint density at radius 1 is 1.24 bits per heavy atom. The molecule has 1 spiro atoms. The summed E-state index contributed by atoms with van der Waals surface area (Å²) < 4.78 is 0. The minimum Gasteiger partial charge on any atom is -0.355 e. The van der Waals surface area contributed by atoms with E-state index in [4.69, 9.17) is 23.2 Å². The summed E-state index contributed by atoms with van der Waals surface area (Å²) in [6.45, 7) is 1.85. The van der Waals surface area contributed by atoms with Gasteiger partial charge in [0.05, 0.1) is 21.7 Å². The molecule has 0 radical (unpaired) electrons. The molecule has 3 fully saturated rings. The second-order valence-electron chi connectivity index (χ2n) is 8.95. The first-order valence-corrected chi connectivity index (χ1v) is 11.1. The second kappa shape index (κ2) is 7.81. The summed E-state index contributed by atoms with van der Waals surface area (Å²) in [6.07, 6.45) is 6.47. The maximum Gasteiger partial charge on any atom is 0.256 e. The minimum absolute atomic E-state index is 0.121. The summed E-state index contributed by atoms with van der Waals surface area (Å²) in [7, 11) is 0. The predicted molar refractivity (Wildman–Crippen MR) is 112 cm³/mol. The standard InChI is InChI=1S/C22H25Cl2N3O2/c23-16-4-1-5-17(24)18(16)19(28)27-10-2-3-15(11-27)6-9-26-20(29)22(14-25)12-21(13-22)7-8-21/h1,4-5,15H,2-3,6-13H2,(H,26,29). The van der Waals surface area contributed by atoms with Crippen LogP contribution in [0.1, 0.15) is 55.3 Å². The molecule has 1 aliphatic heterocycles. The molecule has 5 nitrogen and oxygen atoms in total. The zero-order valence-electron chi connectivity index (χ0n) is 16.3. The first kappa shape index (κ1) is 20.5. The molecule has 1 unspecified atom stereocenters. The number of hydrogen-bond acceptors (Lipinski definition) is 3. The van der Waals surface area contributed by atoms with Crippen LogP contribution in [0.3, 0.4) is 0 Å². The predicted octanol–water partition coefficient (Wildman–Crippen LogP) is 4.44. The zero-order valence-corrected chi connectivity index (χ0v) is 17.9. The zero-order chi connectivity index (χ0) is 20.6. The van der Waals surface area contributed by atoms with Crippen LogP contribution in [-0.2, 0) is 4.79 Å². The van der Waals surface area contributed by atoms with E-state index in [1.54, 1.807) is 18.2 Å². The molecule has 4 rings (SSSR count). The number of amides is 2. The molecular weight excluding hydrogens is 409 g/mol. The maximum atomic E-state index is 12.9. The van der Waals surface area contributed by atoms with Gasteiger partial charge in [0.15, 0.2) is 0 Å². The SMILES string of the molecule is N#CC1(C(=O)NCCC2CCCN(C(=O)c3c(Cl)cccc3Cl)C2)CC2(CC2)C1. The average molecular weight is 434 g/mol. The fourth-order valence-corrected chi connectivity index (χ4v) is 5.51. The van der Waals surface area contributed by atoms with Crippen molar-refractivity contribution in [1.82, 2.24) is 10.2 Å². The Morgan fingerprint density at radius 2 is 1.93 bits per heavy atom. The van der Waals surface area contributed by atoms with E-state index in [-0.39, 0.29) is 11.8 Å². The first-order valence-electron chi connectivity index (χ1n) is 10.3. The van der Waals surface area contributed by atoms with Crippen molar-refractivity contribution < 1.29 is 9.59 Å². The normalized spacial score (nSPS) is 23.8. The van der Waals surface area contributed by atoms with E-state index < -0.39 is 5.41 Å². The number of benzene rings is 1. The van der Waals surface area contributed by atoms with E-state index in [1.165, 1.54) is 0 Å². The lowest BCUT2D eigenvalue weighted by atomic mass is 9.60. The topological polar surface area (TPSA) is 73.2 Å². The summed E-state index contributed by atoms with van der Waals surface area (Å²) in [5, 5.41) is 13.2. The van der Waals surface area contributed by atoms with Gasteiger partial charge in [-0.15, -0.1) is 0 Å². The number of likely N-dealkylation sites (tertiary alicyclic amines) is 1. The highest BCUT2D eigenvalue weighted by atomic mass is 35.5. The number of carbonyl (C=O) groups excluding carboxylic acids is 2. The summed E-state index contributed by atoms with van der Waals surface area (Å²) in [4.78, 5) is 27.3. The van der Waals surface area contributed by atoms with Crippen LogP contribution in [0.15, 0.2) is 18.2 Å². The Balaban J connectivity index is 1.29. The molecule has 2 aliphatic carbocycles. The molecule has 0 bridgehead atoms. The van der Waals surface area contributed by atoms with Gasteiger partial charge in [-0.05, 0) is 68.4 Å². The lowest BCUT2D eigenvalue weighted by Crippen LogP contribution is -2.50. The van der Waals surface area contributed by atoms with Crippen LogP contribution < -0.4 is 5.32 Å². The van der Waals surface area contributed by atoms with Gasteiger partial charge in [0.25, 0.3) is 5.91 Å². The van der Waals surface area contributed by atoms with E-state index in [0.717, 1.165) is 32.1 Å². The lowest BCUT2D eigenvalue weighted by molar-refractivity contribution is -0.135. The number of halogens is 2. The van der Waals surface area contributed by atoms with Crippen molar-refractivity contribution >= 4 is 35.0 Å². The molecule has 1 aromatic rings. The summed E-state index contributed by atoms with van der Waals surface area (Å²) >= 11 is 12.4. The Kier molecular flexibility index (Phi) is 5.52. The molecule has 1 N–H and O–H groups in total. The van der Waals surface area contributed by atoms with Crippen LogP contribution >= 0.6 is 23.2 Å². The van der Waals surface area contributed by atoms with Crippen LogP contribution in [0.4, 0.5) is 0 Å². The Hall–Kier alpha value is -1.77. The Bertz CT molecular complexity index is 847. The monoisotopic (exact) mass is 433 g/mol. The summed E-state index contributed by atoms with van der Waals surface area (Å²) in [6, 6.07) is 7.34. The van der Waals surface area contributed by atoms with Crippen molar-refractivity contribution in [1.29, 1.82) is 5.26 Å². The lowest BCUT2D eigenvalue weighted by Gasteiger charge is -2.42. The van der Waals surface area contributed by atoms with Crippen molar-refractivity contribution in [3.05, 3.63) is 33.8 Å². The molecule has 154 valence electrons. The van der Waals surface area contributed by atoms with E-state index in [2.05, 4.69) is 11.4 Å². The number of carbonyl (C=O) groups is 2. The third-order valence-electron chi connectivity index (χ3n) is 6.78. The fourth-order valence-electron chi connectivity index (χ4n) is 4.95. The Labute approximate surface area is 181 Å². The van der Waals surface area contributed by atoms with Gasteiger partial charge < -0.3 is 10.2 Å². The first-order chi connectivity index (χ1) is 13.9. The van der Waals surface area contributed by atoms with Gasteiger partial charge in [0, 0.05) is 19.6 Å². The molecule has 1 aromatic carbocycles. The van der Waals surface area contributed by atoms with Gasteiger partial charge in [-0.25, -0.2) is 0 Å². The van der Waals surface area contributed by atoms with Crippen LogP contribution in [0.5, 0.6) is 0 Å². The van der Waals surface area contributed by atoms with Gasteiger partial charge in [-0.1, -0.05) is 29.3 Å². The average Bonchev–Trinajstić information content (AvgIpc) is 3.47. The largest absolute Gasteiger partial charge is 0.355 e. The molecule has 29 heavy (non-hydrogen) atoms. The van der Waals surface area contributed by atoms with Crippen molar-refractivity contribution in [2.24, 2.45) is 16.7 Å². The summed E-state index contributed by atoms with van der Waals surface area (Å²) in [5.74, 6) is 0.0505. The van der Waals surface area contributed by atoms with Crippen molar-refractivity contribution in [2.75, 3.05) is 19.6 Å². The fraction of sp³-hybridized carbons (Fsp3) is 0.591. The van der Waals surface area contributed by atoms with Gasteiger partial charge in [-0.2, -0.15) is 5.26 Å². The van der Waals surface area contributed by atoms with Gasteiger partial charge in [-0.3, -0.25) is 9.59 Å². The number of nitrogens with zero attached hydrogens (tertiary/aromatic N) is 2. The molecule has 1 heterocycles. The minimum atomic E-state index is -0.814. The van der Waals surface area contributed by atoms with Crippen LogP contribution in [0.25, 0.3) is 0 Å². The van der Waals surface area contributed by atoms with Crippen LogP contribution in [0, 0.1) is 28.1 Å². The molecule has 1 saturated heterocycles. The van der Waals surface area contributed by atoms with E-state index in [9.17, 15) is 14.9 Å². The van der Waals surface area contributed by atoms with Crippen LogP contribution in [-0.4, -0.2) is 36.3 Å². The molecular formula is C22H25Cl2N3O2. The van der Waals surface area contributed by atoms with E-state index >= 15 is 0 Å². The highest BCUT2D eigenvalue weighted by Gasteiger charge is 2.64. The quantitative estimate of drug-likeness (QED) is 0.745. The smallest absolute Gasteiger partial charge is 0.256 e. The number of nitriles is 1. The second-order valence-corrected chi connectivity index (χ2v) is 9.76. The molecule has 1 atom stereocenters. The van der Waals surface area contributed by atoms with E-state index in [1.807, 2.05) is 4.90 Å². The third kappa shape index (κ3) is 3.98. The van der Waals surface area contributed by atoms with Crippen molar-refractivity contribution in [2.45, 2.75) is 44.9 Å². The molecule has 0 aromatic heterocycles. The highest BCUT2D eigenvalue weighted by Crippen LogP contribution is 2.68. The number of hydrogen-bond donors (Lipinski definition) is 1. The number of rotatable bonds is 5. The van der Waals surface area contributed by atoms with E-state index in [0.29, 0.717) is 59.4 Å². The maximum absolute atomic E-state index is 12.9. The summed E-state index contributed by atoms with van der Waals surface area (Å²) in [5.41, 5.74) is -0.150. The third-order valence-corrected chi connectivity index (χ3v) is 7.41. The van der Waals surface area contributed by atoms with Gasteiger partial charge in [0.2, 0.25) is 5.91 Å².